The summed E-state index contributed by atoms with van der Waals surface area (Å²) in [5.74, 6) is 1.80. The third-order valence-electron chi connectivity index (χ3n) is 11.1. The van der Waals surface area contributed by atoms with E-state index < -0.39 is 0 Å². The van der Waals surface area contributed by atoms with E-state index in [0.717, 1.165) is 55.3 Å². The molecule has 0 bridgehead atoms. The first kappa shape index (κ1) is 31.9. The number of para-hydroxylation sites is 2. The molecule has 0 amide bonds. The van der Waals surface area contributed by atoms with Crippen molar-refractivity contribution in [3.05, 3.63) is 182 Å². The molecular formula is C51H30N4OS. The molecule has 0 radical (unpaired) electrons. The van der Waals surface area contributed by atoms with Crippen LogP contribution in [0.5, 0.6) is 0 Å². The van der Waals surface area contributed by atoms with Gasteiger partial charge in [0.1, 0.15) is 11.2 Å². The first-order chi connectivity index (χ1) is 28.2. The van der Waals surface area contributed by atoms with E-state index in [1.165, 1.54) is 42.1 Å². The van der Waals surface area contributed by atoms with Crippen LogP contribution in [-0.2, 0) is 0 Å². The fraction of sp³-hybridized carbons (Fsp3) is 0. The van der Waals surface area contributed by atoms with Crippen LogP contribution in [0.4, 0.5) is 0 Å². The van der Waals surface area contributed by atoms with Gasteiger partial charge in [-0.25, -0.2) is 15.0 Å². The minimum atomic E-state index is 0.586. The van der Waals surface area contributed by atoms with Crippen LogP contribution in [0.3, 0.4) is 0 Å². The van der Waals surface area contributed by atoms with Crippen LogP contribution in [0.1, 0.15) is 0 Å². The molecule has 8 aromatic carbocycles. The van der Waals surface area contributed by atoms with Crippen molar-refractivity contribution in [2.75, 3.05) is 0 Å². The predicted molar refractivity (Wildman–Crippen MR) is 236 cm³/mol. The van der Waals surface area contributed by atoms with Gasteiger partial charge in [-0.15, -0.1) is 11.3 Å². The zero-order valence-electron chi connectivity index (χ0n) is 30.4. The van der Waals surface area contributed by atoms with Crippen LogP contribution in [0.2, 0.25) is 0 Å². The number of benzene rings is 8. The quantitative estimate of drug-likeness (QED) is 0.176. The SMILES string of the molecule is c1ccc(-c2nc(-c3cccc(-n4c5ccccc5c5ccc(-c6cccc7sc8ccccc8c67)cc54)c3)nc(-c3ccc4c(c3)oc3ccccc34)n2)cc1. The van der Waals surface area contributed by atoms with Gasteiger partial charge in [0, 0.05) is 64.1 Å². The maximum atomic E-state index is 6.27. The minimum absolute atomic E-state index is 0.586. The topological polar surface area (TPSA) is 56.7 Å². The number of fused-ring (bicyclic) bond motifs is 9. The molecule has 0 atom stereocenters. The van der Waals surface area contributed by atoms with Gasteiger partial charge >= 0.3 is 0 Å². The van der Waals surface area contributed by atoms with Gasteiger partial charge in [0.15, 0.2) is 17.5 Å². The predicted octanol–water partition coefficient (Wildman–Crippen LogP) is 13.9. The van der Waals surface area contributed by atoms with E-state index in [1.807, 2.05) is 65.9 Å². The average Bonchev–Trinajstić information content (AvgIpc) is 3.95. The number of hydrogen-bond acceptors (Lipinski definition) is 5. The molecule has 6 heteroatoms. The lowest BCUT2D eigenvalue weighted by atomic mass is 9.98. The fourth-order valence-electron chi connectivity index (χ4n) is 8.43. The van der Waals surface area contributed by atoms with Gasteiger partial charge in [-0.3, -0.25) is 0 Å². The number of furan rings is 1. The van der Waals surface area contributed by atoms with Crippen LogP contribution in [0, 0.1) is 0 Å². The fourth-order valence-corrected chi connectivity index (χ4v) is 9.56. The highest BCUT2D eigenvalue weighted by molar-refractivity contribution is 7.25. The molecule has 0 aliphatic rings. The molecule has 0 fully saturated rings. The smallest absolute Gasteiger partial charge is 0.164 e. The largest absolute Gasteiger partial charge is 0.456 e. The molecule has 12 aromatic rings. The van der Waals surface area contributed by atoms with Crippen LogP contribution < -0.4 is 0 Å². The van der Waals surface area contributed by atoms with E-state index >= 15 is 0 Å². The van der Waals surface area contributed by atoms with Gasteiger partial charge in [-0.2, -0.15) is 0 Å². The van der Waals surface area contributed by atoms with E-state index in [-0.39, 0.29) is 0 Å². The summed E-state index contributed by atoms with van der Waals surface area (Å²) in [6.45, 7) is 0. The van der Waals surface area contributed by atoms with E-state index in [9.17, 15) is 0 Å². The van der Waals surface area contributed by atoms with Crippen molar-refractivity contribution in [3.63, 3.8) is 0 Å². The Morgan fingerprint density at radius 2 is 1.00 bits per heavy atom. The third kappa shape index (κ3) is 5.12. The van der Waals surface area contributed by atoms with Crippen molar-refractivity contribution >= 4 is 75.3 Å². The van der Waals surface area contributed by atoms with Crippen LogP contribution in [0.25, 0.3) is 115 Å². The van der Waals surface area contributed by atoms with Crippen LogP contribution in [0.15, 0.2) is 186 Å². The van der Waals surface area contributed by atoms with Gasteiger partial charge in [0.2, 0.25) is 0 Å². The van der Waals surface area contributed by atoms with Gasteiger partial charge in [0.05, 0.1) is 11.0 Å². The summed E-state index contributed by atoms with van der Waals surface area (Å²) >= 11 is 1.85. The Morgan fingerprint density at radius 1 is 0.386 bits per heavy atom. The molecule has 0 unspecified atom stereocenters. The third-order valence-corrected chi connectivity index (χ3v) is 12.2. The van der Waals surface area contributed by atoms with Crippen LogP contribution >= 0.6 is 11.3 Å². The van der Waals surface area contributed by atoms with Crippen molar-refractivity contribution in [2.45, 2.75) is 0 Å². The second-order valence-electron chi connectivity index (χ2n) is 14.4. The van der Waals surface area contributed by atoms with Gasteiger partial charge < -0.3 is 8.98 Å². The number of nitrogens with zero attached hydrogens (tertiary/aromatic N) is 4. The summed E-state index contributed by atoms with van der Waals surface area (Å²) in [6, 6.07) is 63.9. The minimum Gasteiger partial charge on any atom is -0.456 e. The highest BCUT2D eigenvalue weighted by atomic mass is 32.1. The second kappa shape index (κ2) is 12.6. The monoisotopic (exact) mass is 746 g/mol. The Balaban J connectivity index is 1.04. The van der Waals surface area contributed by atoms with Crippen molar-refractivity contribution in [2.24, 2.45) is 0 Å². The lowest BCUT2D eigenvalue weighted by Gasteiger charge is -2.12. The molecule has 12 rings (SSSR count). The highest BCUT2D eigenvalue weighted by Crippen LogP contribution is 2.42. The Bertz CT molecular complexity index is 3540. The maximum Gasteiger partial charge on any atom is 0.164 e. The summed E-state index contributed by atoms with van der Waals surface area (Å²) in [7, 11) is 0. The van der Waals surface area contributed by atoms with Crippen molar-refractivity contribution in [1.82, 2.24) is 19.5 Å². The second-order valence-corrected chi connectivity index (χ2v) is 15.5. The molecule has 4 heterocycles. The number of thiophene rings is 1. The normalized spacial score (nSPS) is 11.9. The van der Waals surface area contributed by atoms with E-state index in [2.05, 4.69) is 132 Å². The van der Waals surface area contributed by atoms with Gasteiger partial charge in [-0.1, -0.05) is 127 Å². The van der Waals surface area contributed by atoms with Gasteiger partial charge in [0.25, 0.3) is 0 Å². The number of aromatic nitrogens is 4. The molecule has 57 heavy (non-hydrogen) atoms. The van der Waals surface area contributed by atoms with E-state index in [1.54, 1.807) is 0 Å². The van der Waals surface area contributed by atoms with Crippen molar-refractivity contribution in [3.8, 4) is 51.0 Å². The highest BCUT2D eigenvalue weighted by Gasteiger charge is 2.18. The first-order valence-electron chi connectivity index (χ1n) is 19.0. The van der Waals surface area contributed by atoms with Crippen LogP contribution in [-0.4, -0.2) is 19.5 Å². The summed E-state index contributed by atoms with van der Waals surface area (Å²) in [4.78, 5) is 15.3. The standard InChI is InChI=1S/C51H30N4OS/c1-2-12-31(13-3-1)49-52-50(54-51(53-49)34-25-27-40-39-17-5-8-21-44(39)56-45(40)30-34)33-14-10-15-35(28-33)55-42-20-7-4-16-37(42)38-26-24-32(29-43(38)55)36-19-11-23-47-48(36)41-18-6-9-22-46(41)57-47/h1-30H. The molecule has 4 aromatic heterocycles. The van der Waals surface area contributed by atoms with E-state index in [0.29, 0.717) is 17.5 Å². The first-order valence-corrected chi connectivity index (χ1v) is 19.8. The van der Waals surface area contributed by atoms with Crippen molar-refractivity contribution < 1.29 is 4.42 Å². The molecule has 0 N–H and O–H groups in total. The number of hydrogen-bond donors (Lipinski definition) is 0. The molecule has 266 valence electrons. The van der Waals surface area contributed by atoms with Gasteiger partial charge in [-0.05, 0) is 65.7 Å². The zero-order valence-corrected chi connectivity index (χ0v) is 31.2. The number of rotatable bonds is 5. The van der Waals surface area contributed by atoms with E-state index in [4.69, 9.17) is 19.4 Å². The molecular weight excluding hydrogens is 717 g/mol. The molecule has 0 spiro atoms. The average molecular weight is 747 g/mol. The summed E-state index contributed by atoms with van der Waals surface area (Å²) in [6.07, 6.45) is 0. The zero-order chi connectivity index (χ0) is 37.5. The molecule has 0 aliphatic carbocycles. The summed E-state index contributed by atoms with van der Waals surface area (Å²) < 4.78 is 11.2. The molecule has 0 saturated heterocycles. The molecule has 0 aliphatic heterocycles. The molecule has 0 saturated carbocycles. The maximum absolute atomic E-state index is 6.27. The molecule has 5 nitrogen and oxygen atoms in total. The Hall–Kier alpha value is -7.41. The Labute approximate surface area is 330 Å². The lowest BCUT2D eigenvalue weighted by Crippen LogP contribution is -2.01. The summed E-state index contributed by atoms with van der Waals surface area (Å²) in [5, 5.41) is 7.17. The van der Waals surface area contributed by atoms with Crippen molar-refractivity contribution in [1.29, 1.82) is 0 Å². The lowest BCUT2D eigenvalue weighted by molar-refractivity contribution is 0.669. The Morgan fingerprint density at radius 3 is 1.88 bits per heavy atom. The Kier molecular flexibility index (Phi) is 7.03. The summed E-state index contributed by atoms with van der Waals surface area (Å²) in [5.41, 5.74) is 10.1.